The summed E-state index contributed by atoms with van der Waals surface area (Å²) in [5.74, 6) is -0.107. The molecule has 42 heavy (non-hydrogen) atoms. The van der Waals surface area contributed by atoms with E-state index in [2.05, 4.69) is 10.6 Å². The topological polar surface area (TPSA) is 108 Å². The van der Waals surface area contributed by atoms with Gasteiger partial charge in [0.1, 0.15) is 11.8 Å². The number of rotatable bonds is 13. The van der Waals surface area contributed by atoms with Crippen LogP contribution in [0.2, 0.25) is 0 Å². The lowest BCUT2D eigenvalue weighted by Crippen LogP contribution is -2.57. The van der Waals surface area contributed by atoms with Crippen molar-refractivity contribution >= 4 is 29.5 Å². The summed E-state index contributed by atoms with van der Waals surface area (Å²) in [7, 11) is 0. The standard InChI is InChI=1S/C33H39N3O5S/c1-23-12-9-10-15-26(23)21-34-32(39)30-24(2)42-22-36(30)33(40)31(38)28(20-25-13-5-3-6-14-25)35-29(37)18-11-19-41-27-16-7-4-8-17-27/h3-10,12-17,24,28,30-31,38H,11,18-22H2,1-2H3,(H,34,39)(H,35,37)/t24?,28-,30-,31-/m0/s1. The van der Waals surface area contributed by atoms with Crippen molar-refractivity contribution in [3.05, 3.63) is 102 Å². The maximum atomic E-state index is 13.7. The average Bonchev–Trinajstić information content (AvgIpc) is 3.40. The zero-order valence-electron chi connectivity index (χ0n) is 24.1. The number of para-hydroxylation sites is 1. The number of hydrogen-bond acceptors (Lipinski definition) is 6. The van der Waals surface area contributed by atoms with E-state index < -0.39 is 24.1 Å². The van der Waals surface area contributed by atoms with Gasteiger partial charge in [0.2, 0.25) is 11.8 Å². The second-order valence-corrected chi connectivity index (χ2v) is 11.8. The monoisotopic (exact) mass is 589 g/mol. The molecule has 1 saturated heterocycles. The van der Waals surface area contributed by atoms with E-state index in [1.54, 1.807) is 0 Å². The first-order chi connectivity index (χ1) is 20.3. The fourth-order valence-electron chi connectivity index (χ4n) is 4.94. The van der Waals surface area contributed by atoms with E-state index in [4.69, 9.17) is 4.74 Å². The van der Waals surface area contributed by atoms with E-state index in [1.807, 2.05) is 98.8 Å². The number of aliphatic hydroxyl groups is 1. The molecule has 4 atom stereocenters. The number of hydrogen-bond donors (Lipinski definition) is 3. The van der Waals surface area contributed by atoms with Gasteiger partial charge in [-0.1, -0.05) is 79.7 Å². The Morgan fingerprint density at radius 3 is 2.38 bits per heavy atom. The fraction of sp³-hybridized carbons (Fsp3) is 0.364. The third kappa shape index (κ3) is 8.59. The summed E-state index contributed by atoms with van der Waals surface area (Å²) in [5, 5.41) is 17.0. The molecular formula is C33H39N3O5S. The van der Waals surface area contributed by atoms with Crippen LogP contribution in [0.4, 0.5) is 0 Å². The van der Waals surface area contributed by atoms with Crippen molar-refractivity contribution in [2.45, 2.75) is 63.1 Å². The molecule has 1 unspecified atom stereocenters. The normalized spacial score (nSPS) is 17.7. The molecule has 3 aromatic carbocycles. The molecule has 3 N–H and O–H groups in total. The van der Waals surface area contributed by atoms with Crippen LogP contribution < -0.4 is 15.4 Å². The molecule has 0 aromatic heterocycles. The van der Waals surface area contributed by atoms with E-state index in [-0.39, 0.29) is 35.8 Å². The van der Waals surface area contributed by atoms with Gasteiger partial charge in [-0.3, -0.25) is 14.4 Å². The Morgan fingerprint density at radius 2 is 1.67 bits per heavy atom. The first kappa shape index (κ1) is 31.1. The van der Waals surface area contributed by atoms with Crippen LogP contribution in [-0.2, 0) is 27.3 Å². The van der Waals surface area contributed by atoms with Gasteiger partial charge in [-0.15, -0.1) is 11.8 Å². The molecule has 3 aromatic rings. The zero-order chi connectivity index (χ0) is 29.9. The third-order valence-electron chi connectivity index (χ3n) is 7.36. The van der Waals surface area contributed by atoms with E-state index in [9.17, 15) is 19.5 Å². The molecule has 0 saturated carbocycles. The Balaban J connectivity index is 1.39. The van der Waals surface area contributed by atoms with Gasteiger partial charge in [0.05, 0.1) is 18.5 Å². The Morgan fingerprint density at radius 1 is 1.00 bits per heavy atom. The van der Waals surface area contributed by atoms with Crippen LogP contribution in [0.1, 0.15) is 36.5 Å². The van der Waals surface area contributed by atoms with Gasteiger partial charge in [0.15, 0.2) is 6.10 Å². The van der Waals surface area contributed by atoms with E-state index in [0.29, 0.717) is 19.6 Å². The molecule has 4 rings (SSSR count). The number of ether oxygens (including phenoxy) is 1. The van der Waals surface area contributed by atoms with Crippen molar-refractivity contribution < 1.29 is 24.2 Å². The predicted molar refractivity (Wildman–Crippen MR) is 165 cm³/mol. The molecule has 222 valence electrons. The minimum atomic E-state index is -1.52. The molecule has 1 aliphatic rings. The van der Waals surface area contributed by atoms with Crippen LogP contribution in [0.5, 0.6) is 5.75 Å². The van der Waals surface area contributed by atoms with Crippen molar-refractivity contribution in [2.24, 2.45) is 0 Å². The maximum Gasteiger partial charge on any atom is 0.254 e. The van der Waals surface area contributed by atoms with E-state index in [1.165, 1.54) is 16.7 Å². The number of carbonyl (C=O) groups excluding carboxylic acids is 3. The number of carbonyl (C=O) groups is 3. The van der Waals surface area contributed by atoms with Gasteiger partial charge >= 0.3 is 0 Å². The van der Waals surface area contributed by atoms with Gasteiger partial charge in [-0.25, -0.2) is 0 Å². The molecule has 1 fully saturated rings. The minimum absolute atomic E-state index is 0.148. The molecule has 0 radical (unpaired) electrons. The smallest absolute Gasteiger partial charge is 0.254 e. The molecule has 1 aliphatic heterocycles. The summed E-state index contributed by atoms with van der Waals surface area (Å²) in [4.78, 5) is 41.3. The van der Waals surface area contributed by atoms with Crippen LogP contribution >= 0.6 is 11.8 Å². The molecule has 0 spiro atoms. The summed E-state index contributed by atoms with van der Waals surface area (Å²) >= 11 is 1.49. The largest absolute Gasteiger partial charge is 0.494 e. The van der Waals surface area contributed by atoms with Gasteiger partial charge in [-0.2, -0.15) is 0 Å². The molecule has 8 nitrogen and oxygen atoms in total. The first-order valence-corrected chi connectivity index (χ1v) is 15.3. The molecule has 0 bridgehead atoms. The fourth-order valence-corrected chi connectivity index (χ4v) is 6.08. The third-order valence-corrected chi connectivity index (χ3v) is 8.57. The second-order valence-electron chi connectivity index (χ2n) is 10.5. The number of benzene rings is 3. The number of amides is 3. The van der Waals surface area contributed by atoms with Gasteiger partial charge in [0, 0.05) is 18.2 Å². The molecule has 1 heterocycles. The number of thioether (sulfide) groups is 1. The number of aryl methyl sites for hydroxylation is 1. The van der Waals surface area contributed by atoms with Gasteiger partial charge < -0.3 is 25.4 Å². The highest BCUT2D eigenvalue weighted by Crippen LogP contribution is 2.30. The van der Waals surface area contributed by atoms with Crippen molar-refractivity contribution in [3.8, 4) is 5.75 Å². The molecule has 9 heteroatoms. The first-order valence-electron chi connectivity index (χ1n) is 14.3. The zero-order valence-corrected chi connectivity index (χ0v) is 24.9. The van der Waals surface area contributed by atoms with Crippen molar-refractivity contribution in [1.82, 2.24) is 15.5 Å². The Hall–Kier alpha value is -3.82. The van der Waals surface area contributed by atoms with Crippen LogP contribution in [0.3, 0.4) is 0 Å². The maximum absolute atomic E-state index is 13.7. The van der Waals surface area contributed by atoms with Crippen molar-refractivity contribution in [3.63, 3.8) is 0 Å². The van der Waals surface area contributed by atoms with Crippen LogP contribution in [0.25, 0.3) is 0 Å². The van der Waals surface area contributed by atoms with E-state index in [0.717, 1.165) is 22.4 Å². The lowest BCUT2D eigenvalue weighted by molar-refractivity contribution is -0.147. The Labute approximate surface area is 251 Å². The Kier molecular flexibility index (Phi) is 11.4. The quantitative estimate of drug-likeness (QED) is 0.262. The summed E-state index contributed by atoms with van der Waals surface area (Å²) in [6.45, 7) is 4.61. The van der Waals surface area contributed by atoms with Gasteiger partial charge in [0.25, 0.3) is 5.91 Å². The summed E-state index contributed by atoms with van der Waals surface area (Å²) in [6.07, 6.45) is -0.598. The molecular weight excluding hydrogens is 550 g/mol. The Bertz CT molecular complexity index is 1320. The number of aliphatic hydroxyl groups excluding tert-OH is 1. The highest BCUT2D eigenvalue weighted by molar-refractivity contribution is 8.00. The summed E-state index contributed by atoms with van der Waals surface area (Å²) < 4.78 is 5.68. The lowest BCUT2D eigenvalue weighted by Gasteiger charge is -2.30. The average molecular weight is 590 g/mol. The van der Waals surface area contributed by atoms with Gasteiger partial charge in [-0.05, 0) is 48.6 Å². The summed E-state index contributed by atoms with van der Waals surface area (Å²) in [5.41, 5.74) is 2.95. The number of nitrogens with zero attached hydrogens (tertiary/aromatic N) is 1. The summed E-state index contributed by atoms with van der Waals surface area (Å²) in [6, 6.07) is 25.0. The SMILES string of the molecule is Cc1ccccc1CNC(=O)[C@@H]1C(C)SCN1C(=O)[C@@H](O)[C@H](Cc1ccccc1)NC(=O)CCCOc1ccccc1. The molecule has 0 aliphatic carbocycles. The van der Waals surface area contributed by atoms with Crippen LogP contribution in [0.15, 0.2) is 84.9 Å². The van der Waals surface area contributed by atoms with E-state index >= 15 is 0 Å². The second kappa shape index (κ2) is 15.4. The lowest BCUT2D eigenvalue weighted by atomic mass is 9.99. The molecule has 3 amide bonds. The minimum Gasteiger partial charge on any atom is -0.494 e. The highest BCUT2D eigenvalue weighted by Gasteiger charge is 2.43. The van der Waals surface area contributed by atoms with Crippen molar-refractivity contribution in [2.75, 3.05) is 12.5 Å². The highest BCUT2D eigenvalue weighted by atomic mass is 32.2. The predicted octanol–water partition coefficient (Wildman–Crippen LogP) is 3.85. The van der Waals surface area contributed by atoms with Crippen LogP contribution in [0, 0.1) is 6.92 Å². The number of nitrogens with one attached hydrogen (secondary N) is 2. The van der Waals surface area contributed by atoms with Crippen molar-refractivity contribution in [1.29, 1.82) is 0 Å². The van der Waals surface area contributed by atoms with Crippen LogP contribution in [-0.4, -0.2) is 63.6 Å².